The molecule has 0 amide bonds. The first-order valence-electron chi connectivity index (χ1n) is 5.23. The van der Waals surface area contributed by atoms with Crippen molar-refractivity contribution in [2.45, 2.75) is 18.3 Å². The molecule has 0 spiro atoms. The highest BCUT2D eigenvalue weighted by atomic mass is 35.5. The van der Waals surface area contributed by atoms with Crippen molar-refractivity contribution < 1.29 is 4.39 Å². The number of hydrogen-bond donors (Lipinski definition) is 1. The fraction of sp³-hybridized carbons (Fsp3) is 0.417. The standard InChI is InChI=1S/C12H11FN2.ClH/c13-12-3-11-9-1-8(5-15-6-9)10(11)2-7(12)4-14;/h2-3,8-9,15H,1,5-6H2;1H. The van der Waals surface area contributed by atoms with Gasteiger partial charge in [-0.05, 0) is 41.5 Å². The van der Waals surface area contributed by atoms with E-state index in [9.17, 15) is 4.39 Å². The van der Waals surface area contributed by atoms with E-state index in [1.54, 1.807) is 12.1 Å². The molecule has 2 unspecified atom stereocenters. The maximum absolute atomic E-state index is 13.5. The van der Waals surface area contributed by atoms with Gasteiger partial charge in [-0.25, -0.2) is 4.39 Å². The second-order valence-corrected chi connectivity index (χ2v) is 4.36. The van der Waals surface area contributed by atoms with Crippen LogP contribution in [-0.2, 0) is 0 Å². The summed E-state index contributed by atoms with van der Waals surface area (Å²) in [5, 5.41) is 12.1. The van der Waals surface area contributed by atoms with Crippen LogP contribution in [0, 0.1) is 17.1 Å². The quantitative estimate of drug-likeness (QED) is 0.753. The van der Waals surface area contributed by atoms with E-state index in [-0.39, 0.29) is 23.8 Å². The molecule has 0 aromatic heterocycles. The molecule has 1 aromatic rings. The lowest BCUT2D eigenvalue weighted by molar-refractivity contribution is 0.453. The second-order valence-electron chi connectivity index (χ2n) is 4.36. The molecule has 4 heteroatoms. The lowest BCUT2D eigenvalue weighted by atomic mass is 9.98. The Bertz CT molecular complexity index is 467. The number of hydrogen-bond acceptors (Lipinski definition) is 2. The van der Waals surface area contributed by atoms with Crippen LogP contribution < -0.4 is 5.32 Å². The van der Waals surface area contributed by atoms with E-state index in [4.69, 9.17) is 5.26 Å². The summed E-state index contributed by atoms with van der Waals surface area (Å²) in [5.41, 5.74) is 2.48. The van der Waals surface area contributed by atoms with Crippen LogP contribution in [0.5, 0.6) is 0 Å². The zero-order valence-electron chi connectivity index (χ0n) is 8.66. The zero-order chi connectivity index (χ0) is 10.4. The number of nitrogens with zero attached hydrogens (tertiary/aromatic N) is 1. The highest BCUT2D eigenvalue weighted by molar-refractivity contribution is 5.85. The SMILES string of the molecule is Cl.N#Cc1cc2c(cc1F)C1CNCC2C1. The Kier molecular flexibility index (Phi) is 2.88. The van der Waals surface area contributed by atoms with E-state index in [2.05, 4.69) is 5.32 Å². The van der Waals surface area contributed by atoms with Crippen LogP contribution in [0.3, 0.4) is 0 Å². The first kappa shape index (κ1) is 11.4. The first-order valence-corrected chi connectivity index (χ1v) is 5.23. The molecular formula is C12H12ClFN2. The minimum atomic E-state index is -0.371. The third-order valence-corrected chi connectivity index (χ3v) is 3.52. The summed E-state index contributed by atoms with van der Waals surface area (Å²) < 4.78 is 13.5. The van der Waals surface area contributed by atoms with Crippen LogP contribution >= 0.6 is 12.4 Å². The summed E-state index contributed by atoms with van der Waals surface area (Å²) in [5.74, 6) is 0.552. The van der Waals surface area contributed by atoms with Crippen LogP contribution in [-0.4, -0.2) is 13.1 Å². The van der Waals surface area contributed by atoms with E-state index < -0.39 is 0 Å². The monoisotopic (exact) mass is 238 g/mol. The number of fused-ring (bicyclic) bond motifs is 5. The average molecular weight is 239 g/mol. The third kappa shape index (κ3) is 1.50. The Balaban J connectivity index is 0.000000963. The fourth-order valence-corrected chi connectivity index (χ4v) is 2.81. The summed E-state index contributed by atoms with van der Waals surface area (Å²) in [6, 6.07) is 5.21. The van der Waals surface area contributed by atoms with Crippen LogP contribution in [0.4, 0.5) is 4.39 Å². The summed E-state index contributed by atoms with van der Waals surface area (Å²) >= 11 is 0. The van der Waals surface area contributed by atoms with E-state index in [0.717, 1.165) is 25.1 Å². The van der Waals surface area contributed by atoms with Gasteiger partial charge in [-0.1, -0.05) is 0 Å². The number of halogens is 2. The average Bonchev–Trinajstić information content (AvgIpc) is 2.50. The fourth-order valence-electron chi connectivity index (χ4n) is 2.81. The number of benzene rings is 1. The maximum Gasteiger partial charge on any atom is 0.141 e. The van der Waals surface area contributed by atoms with Crippen molar-refractivity contribution >= 4 is 12.4 Å². The molecule has 2 nitrogen and oxygen atoms in total. The molecule has 16 heavy (non-hydrogen) atoms. The van der Waals surface area contributed by atoms with Gasteiger partial charge in [0.15, 0.2) is 0 Å². The van der Waals surface area contributed by atoms with Gasteiger partial charge >= 0.3 is 0 Å². The van der Waals surface area contributed by atoms with Crippen LogP contribution in [0.1, 0.15) is 34.9 Å². The van der Waals surface area contributed by atoms with Gasteiger partial charge in [0.05, 0.1) is 5.56 Å². The Morgan fingerprint density at radius 1 is 1.25 bits per heavy atom. The first-order chi connectivity index (χ1) is 7.29. The summed E-state index contributed by atoms with van der Waals surface area (Å²) in [6.45, 7) is 1.90. The molecule has 1 fully saturated rings. The summed E-state index contributed by atoms with van der Waals surface area (Å²) in [4.78, 5) is 0. The molecule has 1 N–H and O–H groups in total. The molecule has 2 bridgehead atoms. The van der Waals surface area contributed by atoms with E-state index in [0.29, 0.717) is 11.8 Å². The Morgan fingerprint density at radius 3 is 2.50 bits per heavy atom. The predicted molar refractivity (Wildman–Crippen MR) is 61.3 cm³/mol. The predicted octanol–water partition coefficient (Wildman–Crippen LogP) is 2.29. The van der Waals surface area contributed by atoms with Crippen molar-refractivity contribution in [1.29, 1.82) is 5.26 Å². The number of rotatable bonds is 0. The van der Waals surface area contributed by atoms with Gasteiger partial charge in [0.25, 0.3) is 0 Å². The van der Waals surface area contributed by atoms with Gasteiger partial charge < -0.3 is 5.32 Å². The number of piperidine rings is 1. The van der Waals surface area contributed by atoms with Crippen molar-refractivity contribution in [3.63, 3.8) is 0 Å². The van der Waals surface area contributed by atoms with Gasteiger partial charge in [-0.3, -0.25) is 0 Å². The second kappa shape index (κ2) is 4.04. The van der Waals surface area contributed by atoms with Crippen molar-refractivity contribution in [3.8, 4) is 6.07 Å². The lowest BCUT2D eigenvalue weighted by Gasteiger charge is -2.19. The van der Waals surface area contributed by atoms with E-state index >= 15 is 0 Å². The Morgan fingerprint density at radius 2 is 1.88 bits per heavy atom. The molecule has 1 aliphatic carbocycles. The van der Waals surface area contributed by atoms with E-state index in [1.165, 1.54) is 5.56 Å². The van der Waals surface area contributed by atoms with Crippen molar-refractivity contribution in [3.05, 3.63) is 34.6 Å². The molecule has 2 aliphatic rings. The van der Waals surface area contributed by atoms with Crippen LogP contribution in [0.2, 0.25) is 0 Å². The van der Waals surface area contributed by atoms with Crippen molar-refractivity contribution in [1.82, 2.24) is 5.32 Å². The minimum absolute atomic E-state index is 0. The molecule has 3 rings (SSSR count). The Labute approximate surface area is 99.9 Å². The molecule has 84 valence electrons. The normalized spacial score (nSPS) is 25.5. The molecular weight excluding hydrogens is 227 g/mol. The topological polar surface area (TPSA) is 35.8 Å². The summed E-state index contributed by atoms with van der Waals surface area (Å²) in [6.07, 6.45) is 1.11. The minimum Gasteiger partial charge on any atom is -0.316 e. The molecule has 1 heterocycles. The molecule has 1 aromatic carbocycles. The highest BCUT2D eigenvalue weighted by Gasteiger charge is 2.34. The smallest absolute Gasteiger partial charge is 0.141 e. The van der Waals surface area contributed by atoms with Gasteiger partial charge in [0.1, 0.15) is 11.9 Å². The van der Waals surface area contributed by atoms with E-state index in [1.807, 2.05) is 6.07 Å². The number of nitriles is 1. The summed E-state index contributed by atoms with van der Waals surface area (Å²) in [7, 11) is 0. The van der Waals surface area contributed by atoms with Gasteiger partial charge in [-0.2, -0.15) is 5.26 Å². The maximum atomic E-state index is 13.5. The lowest BCUT2D eigenvalue weighted by Crippen LogP contribution is -2.28. The zero-order valence-corrected chi connectivity index (χ0v) is 9.48. The van der Waals surface area contributed by atoms with Gasteiger partial charge in [0, 0.05) is 13.1 Å². The number of nitrogens with one attached hydrogen (secondary N) is 1. The van der Waals surface area contributed by atoms with Gasteiger partial charge in [-0.15, -0.1) is 12.4 Å². The Hall–Kier alpha value is -1.11. The highest BCUT2D eigenvalue weighted by Crippen LogP contribution is 2.44. The molecule has 0 saturated carbocycles. The molecule has 1 saturated heterocycles. The van der Waals surface area contributed by atoms with Crippen LogP contribution in [0.25, 0.3) is 0 Å². The third-order valence-electron chi connectivity index (χ3n) is 3.52. The van der Waals surface area contributed by atoms with Gasteiger partial charge in [0.2, 0.25) is 0 Å². The van der Waals surface area contributed by atoms with Crippen LogP contribution in [0.15, 0.2) is 12.1 Å². The molecule has 1 aliphatic heterocycles. The van der Waals surface area contributed by atoms with Crippen molar-refractivity contribution in [2.75, 3.05) is 13.1 Å². The largest absolute Gasteiger partial charge is 0.316 e. The molecule has 0 radical (unpaired) electrons. The van der Waals surface area contributed by atoms with Crippen molar-refractivity contribution in [2.24, 2.45) is 0 Å². The molecule has 2 atom stereocenters.